The van der Waals surface area contributed by atoms with E-state index >= 15 is 0 Å². The van der Waals surface area contributed by atoms with Crippen LogP contribution in [0.15, 0.2) is 29.4 Å². The van der Waals surface area contributed by atoms with Crippen LogP contribution in [0.2, 0.25) is 5.02 Å². The highest BCUT2D eigenvalue weighted by atomic mass is 35.5. The van der Waals surface area contributed by atoms with Gasteiger partial charge in [0.25, 0.3) is 5.91 Å². The Hall–Kier alpha value is -2.14. The number of carbonyl (C=O) groups excluding carboxylic acids is 1. The number of hydrazone groups is 1. The molecule has 0 radical (unpaired) electrons. The van der Waals surface area contributed by atoms with Gasteiger partial charge in [-0.3, -0.25) is 9.89 Å². The molecule has 2 aromatic rings. The molecule has 0 saturated carbocycles. The number of nitrogens with zero attached hydrogens (tertiary/aromatic N) is 2. The summed E-state index contributed by atoms with van der Waals surface area (Å²) in [6.07, 6.45) is 4.08. The first kappa shape index (κ1) is 19.6. The van der Waals surface area contributed by atoms with Crippen LogP contribution in [-0.2, 0) is 12.8 Å². The van der Waals surface area contributed by atoms with Crippen molar-refractivity contribution in [2.24, 2.45) is 16.4 Å². The molecule has 1 amide bonds. The van der Waals surface area contributed by atoms with Gasteiger partial charge in [-0.15, -0.1) is 0 Å². The van der Waals surface area contributed by atoms with Gasteiger partial charge in [0.05, 0.1) is 5.71 Å². The van der Waals surface area contributed by atoms with E-state index in [0.29, 0.717) is 16.6 Å². The number of halogens is 1. The normalized spacial score (nSPS) is 17.5. The number of hydrogen-bond acceptors (Lipinski definition) is 3. The smallest absolute Gasteiger partial charge is 0.281 e. The Bertz CT molecular complexity index is 852. The van der Waals surface area contributed by atoms with Crippen LogP contribution in [0, 0.1) is 11.3 Å². The van der Waals surface area contributed by atoms with Gasteiger partial charge in [0.2, 0.25) is 0 Å². The van der Waals surface area contributed by atoms with Gasteiger partial charge in [0.1, 0.15) is 0 Å². The molecule has 0 fully saturated rings. The Kier molecular flexibility index (Phi) is 5.70. The molecule has 0 spiro atoms. The molecule has 1 aromatic heterocycles. The minimum absolute atomic E-state index is 0.256. The maximum atomic E-state index is 12.7. The van der Waals surface area contributed by atoms with Crippen LogP contribution in [0.25, 0.3) is 0 Å². The van der Waals surface area contributed by atoms with E-state index in [1.807, 2.05) is 19.1 Å². The van der Waals surface area contributed by atoms with Gasteiger partial charge in [-0.25, -0.2) is 5.43 Å². The van der Waals surface area contributed by atoms with Crippen LogP contribution >= 0.6 is 11.6 Å². The molecule has 0 aliphatic heterocycles. The summed E-state index contributed by atoms with van der Waals surface area (Å²) in [5, 5.41) is 12.2. The SMILES string of the molecule is CCC(C)(C)[C@@H]1CCc2[nH]nc(C(=O)N/N=C(\C)c3ccc(Cl)cc3)c2C1. The summed E-state index contributed by atoms with van der Waals surface area (Å²) >= 11 is 5.91. The van der Waals surface area contributed by atoms with Crippen molar-refractivity contribution in [2.45, 2.75) is 53.4 Å². The fourth-order valence-electron chi connectivity index (χ4n) is 3.58. The Labute approximate surface area is 165 Å². The van der Waals surface area contributed by atoms with Gasteiger partial charge in [0.15, 0.2) is 5.69 Å². The van der Waals surface area contributed by atoms with Crippen LogP contribution < -0.4 is 5.43 Å². The van der Waals surface area contributed by atoms with Gasteiger partial charge < -0.3 is 0 Å². The average Bonchev–Trinajstić information content (AvgIpc) is 3.09. The van der Waals surface area contributed by atoms with Crippen molar-refractivity contribution in [2.75, 3.05) is 0 Å². The molecule has 1 aliphatic rings. The van der Waals surface area contributed by atoms with E-state index < -0.39 is 0 Å². The summed E-state index contributed by atoms with van der Waals surface area (Å²) in [6, 6.07) is 7.36. The van der Waals surface area contributed by atoms with Crippen molar-refractivity contribution < 1.29 is 4.79 Å². The predicted molar refractivity (Wildman–Crippen MR) is 109 cm³/mol. The Morgan fingerprint density at radius 2 is 2.07 bits per heavy atom. The van der Waals surface area contributed by atoms with E-state index in [2.05, 4.69) is 41.5 Å². The lowest BCUT2D eigenvalue weighted by Crippen LogP contribution is -2.30. The largest absolute Gasteiger partial charge is 0.292 e. The molecule has 0 saturated heterocycles. The van der Waals surface area contributed by atoms with E-state index in [1.165, 1.54) is 0 Å². The molecule has 6 heteroatoms. The fourth-order valence-corrected chi connectivity index (χ4v) is 3.71. The maximum Gasteiger partial charge on any atom is 0.292 e. The third kappa shape index (κ3) is 4.24. The fraction of sp³-hybridized carbons (Fsp3) is 0.476. The highest BCUT2D eigenvalue weighted by Gasteiger charge is 2.34. The van der Waals surface area contributed by atoms with Crippen LogP contribution in [-0.4, -0.2) is 21.8 Å². The van der Waals surface area contributed by atoms with Crippen molar-refractivity contribution >= 4 is 23.2 Å². The highest BCUT2D eigenvalue weighted by molar-refractivity contribution is 6.30. The Morgan fingerprint density at radius 3 is 2.74 bits per heavy atom. The summed E-state index contributed by atoms with van der Waals surface area (Å²) in [6.45, 7) is 8.70. The Balaban J connectivity index is 1.74. The first-order valence-electron chi connectivity index (χ1n) is 9.48. The molecule has 3 rings (SSSR count). The Morgan fingerprint density at radius 1 is 1.37 bits per heavy atom. The van der Waals surface area contributed by atoms with E-state index in [9.17, 15) is 4.79 Å². The number of aryl methyl sites for hydroxylation is 1. The number of nitrogens with one attached hydrogen (secondary N) is 2. The molecule has 5 nitrogen and oxygen atoms in total. The quantitative estimate of drug-likeness (QED) is 0.574. The second-order valence-corrected chi connectivity index (χ2v) is 8.39. The molecule has 0 unspecified atom stereocenters. The van der Waals surface area contributed by atoms with Crippen LogP contribution in [0.4, 0.5) is 0 Å². The predicted octanol–water partition coefficient (Wildman–Crippen LogP) is 4.76. The molecule has 2 N–H and O–H groups in total. The van der Waals surface area contributed by atoms with Crippen LogP contribution in [0.3, 0.4) is 0 Å². The lowest BCUT2D eigenvalue weighted by Gasteiger charge is -2.36. The number of H-pyrrole nitrogens is 1. The molecular formula is C21H27ClN4O. The monoisotopic (exact) mass is 386 g/mol. The van der Waals surface area contributed by atoms with Crippen molar-refractivity contribution in [3.05, 3.63) is 51.8 Å². The van der Waals surface area contributed by atoms with Gasteiger partial charge in [-0.1, -0.05) is 50.9 Å². The molecule has 1 atom stereocenters. The second-order valence-electron chi connectivity index (χ2n) is 7.96. The molecule has 27 heavy (non-hydrogen) atoms. The van der Waals surface area contributed by atoms with E-state index in [1.54, 1.807) is 12.1 Å². The zero-order valence-corrected chi connectivity index (χ0v) is 17.2. The minimum atomic E-state index is -0.268. The van der Waals surface area contributed by atoms with Gasteiger partial charge in [-0.2, -0.15) is 10.2 Å². The second kappa shape index (κ2) is 7.85. The van der Waals surface area contributed by atoms with Crippen molar-refractivity contribution in [1.29, 1.82) is 0 Å². The molecule has 0 bridgehead atoms. The summed E-state index contributed by atoms with van der Waals surface area (Å²) in [5.41, 5.74) is 7.13. The van der Waals surface area contributed by atoms with Crippen molar-refractivity contribution in [3.8, 4) is 0 Å². The summed E-state index contributed by atoms with van der Waals surface area (Å²) in [4.78, 5) is 12.7. The number of carbonyl (C=O) groups is 1. The molecule has 1 aromatic carbocycles. The van der Waals surface area contributed by atoms with Crippen molar-refractivity contribution in [3.63, 3.8) is 0 Å². The van der Waals surface area contributed by atoms with Crippen LogP contribution in [0.1, 0.15) is 67.8 Å². The van der Waals surface area contributed by atoms with E-state index in [-0.39, 0.29) is 11.3 Å². The van der Waals surface area contributed by atoms with Crippen molar-refractivity contribution in [1.82, 2.24) is 15.6 Å². The van der Waals surface area contributed by atoms with Gasteiger partial charge in [-0.05, 0) is 55.2 Å². The lowest BCUT2D eigenvalue weighted by molar-refractivity contribution is 0.0947. The first-order chi connectivity index (χ1) is 12.8. The summed E-state index contributed by atoms with van der Waals surface area (Å²) < 4.78 is 0. The zero-order chi connectivity index (χ0) is 19.6. The standard InChI is InChI=1S/C21H27ClN4O/c1-5-21(3,4)15-8-11-18-17(12-15)19(25-24-18)20(27)26-23-13(2)14-6-9-16(22)10-7-14/h6-7,9-10,15H,5,8,11-12H2,1-4H3,(H,24,25)(H,26,27)/b23-13+/t15-/m1/s1. The van der Waals surface area contributed by atoms with Crippen LogP contribution in [0.5, 0.6) is 0 Å². The number of aromatic amines is 1. The van der Waals surface area contributed by atoms with Gasteiger partial charge >= 0.3 is 0 Å². The maximum absolute atomic E-state index is 12.7. The highest BCUT2D eigenvalue weighted by Crippen LogP contribution is 2.40. The molecule has 1 aliphatic carbocycles. The topological polar surface area (TPSA) is 70.1 Å². The number of fused-ring (bicyclic) bond motifs is 1. The molecule has 1 heterocycles. The number of benzene rings is 1. The minimum Gasteiger partial charge on any atom is -0.281 e. The van der Waals surface area contributed by atoms with Gasteiger partial charge in [0, 0.05) is 16.3 Å². The van der Waals surface area contributed by atoms with E-state index in [0.717, 1.165) is 48.2 Å². The van der Waals surface area contributed by atoms with E-state index in [4.69, 9.17) is 11.6 Å². The molecular weight excluding hydrogens is 360 g/mol. The third-order valence-electron chi connectivity index (χ3n) is 5.96. The lowest BCUT2D eigenvalue weighted by atomic mass is 9.69. The first-order valence-corrected chi connectivity index (χ1v) is 9.86. The third-order valence-corrected chi connectivity index (χ3v) is 6.22. The number of hydrogen-bond donors (Lipinski definition) is 2. The number of aromatic nitrogens is 2. The average molecular weight is 387 g/mol. The zero-order valence-electron chi connectivity index (χ0n) is 16.4. The summed E-state index contributed by atoms with van der Waals surface area (Å²) in [5.74, 6) is 0.286. The summed E-state index contributed by atoms with van der Waals surface area (Å²) in [7, 11) is 0. The number of rotatable bonds is 5. The molecule has 144 valence electrons. The number of amides is 1.